The molecule has 0 spiro atoms. The molecule has 3 N–H and O–H groups in total. The molecule has 22 heavy (non-hydrogen) atoms. The number of hydrogen-bond acceptors (Lipinski definition) is 3. The van der Waals surface area contributed by atoms with E-state index in [0.717, 1.165) is 17.2 Å². The Labute approximate surface area is 134 Å². The third kappa shape index (κ3) is 3.85. The number of primary sulfonamides is 1. The molecule has 0 saturated heterocycles. The van der Waals surface area contributed by atoms with Crippen LogP contribution in [0.25, 0.3) is 0 Å². The number of nitrogens with two attached hydrogens (primary N) is 1. The van der Waals surface area contributed by atoms with Crippen molar-refractivity contribution >= 4 is 33.2 Å². The summed E-state index contributed by atoms with van der Waals surface area (Å²) in [6.45, 7) is 3.84. The highest BCUT2D eigenvalue weighted by molar-refractivity contribution is 7.89. The topological polar surface area (TPSA) is 89.3 Å². The number of hydrogen-bond donors (Lipinski definition) is 2. The van der Waals surface area contributed by atoms with Crippen LogP contribution in [0.2, 0.25) is 5.02 Å². The van der Waals surface area contributed by atoms with Gasteiger partial charge in [-0.15, -0.1) is 0 Å². The Morgan fingerprint density at radius 2 is 1.68 bits per heavy atom. The van der Waals surface area contributed by atoms with Gasteiger partial charge in [0.15, 0.2) is 0 Å². The predicted molar refractivity (Wildman–Crippen MR) is 86.7 cm³/mol. The van der Waals surface area contributed by atoms with E-state index in [1.54, 1.807) is 0 Å². The predicted octanol–water partition coefficient (Wildman–Crippen LogP) is 2.86. The minimum Gasteiger partial charge on any atom is -0.322 e. The van der Waals surface area contributed by atoms with E-state index in [4.69, 9.17) is 16.7 Å². The van der Waals surface area contributed by atoms with Crippen LogP contribution in [0.3, 0.4) is 0 Å². The summed E-state index contributed by atoms with van der Waals surface area (Å²) in [7, 11) is -3.99. The number of nitrogens with one attached hydrogen (secondary N) is 1. The van der Waals surface area contributed by atoms with Crippen LogP contribution in [0, 0.1) is 13.8 Å². The van der Waals surface area contributed by atoms with Crippen LogP contribution in [0.5, 0.6) is 0 Å². The van der Waals surface area contributed by atoms with Crippen molar-refractivity contribution in [3.05, 3.63) is 58.1 Å². The lowest BCUT2D eigenvalue weighted by Crippen LogP contribution is -2.16. The second-order valence-corrected chi connectivity index (χ2v) is 6.96. The number of rotatable bonds is 3. The molecule has 0 aliphatic rings. The van der Waals surface area contributed by atoms with E-state index < -0.39 is 15.9 Å². The normalized spacial score (nSPS) is 11.3. The van der Waals surface area contributed by atoms with E-state index in [1.165, 1.54) is 12.1 Å². The number of amides is 1. The Morgan fingerprint density at radius 1 is 1.09 bits per heavy atom. The fraction of sp³-hybridized carbons (Fsp3) is 0.133. The Balaban J connectivity index is 2.34. The van der Waals surface area contributed by atoms with Crippen molar-refractivity contribution < 1.29 is 13.2 Å². The van der Waals surface area contributed by atoms with Crippen LogP contribution >= 0.6 is 11.6 Å². The van der Waals surface area contributed by atoms with Crippen molar-refractivity contribution in [3.8, 4) is 0 Å². The summed E-state index contributed by atoms with van der Waals surface area (Å²) >= 11 is 5.80. The summed E-state index contributed by atoms with van der Waals surface area (Å²) in [5, 5.41) is 7.77. The van der Waals surface area contributed by atoms with Gasteiger partial charge in [0.05, 0.1) is 5.02 Å². The van der Waals surface area contributed by atoms with Gasteiger partial charge in [-0.1, -0.05) is 17.7 Å². The molecule has 1 amide bonds. The SMILES string of the molecule is Cc1cc(C)cc(NC(=O)c2ccc(Cl)c(S(N)(=O)=O)c2)c1. The van der Waals surface area contributed by atoms with E-state index in [2.05, 4.69) is 5.32 Å². The van der Waals surface area contributed by atoms with Crippen LogP contribution in [0.15, 0.2) is 41.3 Å². The maximum absolute atomic E-state index is 12.2. The molecule has 0 aliphatic carbocycles. The van der Waals surface area contributed by atoms with Crippen molar-refractivity contribution in [2.45, 2.75) is 18.7 Å². The summed E-state index contributed by atoms with van der Waals surface area (Å²) in [6.07, 6.45) is 0. The summed E-state index contributed by atoms with van der Waals surface area (Å²) in [5.74, 6) is -0.438. The summed E-state index contributed by atoms with van der Waals surface area (Å²) in [5.41, 5.74) is 2.82. The van der Waals surface area contributed by atoms with Gasteiger partial charge in [0.2, 0.25) is 10.0 Å². The van der Waals surface area contributed by atoms with Gasteiger partial charge in [-0.2, -0.15) is 0 Å². The molecule has 0 aliphatic heterocycles. The lowest BCUT2D eigenvalue weighted by Gasteiger charge is -2.09. The molecule has 7 heteroatoms. The standard InChI is InChI=1S/C15H15ClN2O3S/c1-9-5-10(2)7-12(6-9)18-15(19)11-3-4-13(16)14(8-11)22(17,20)21/h3-8H,1-2H3,(H,18,19)(H2,17,20,21). The molecular formula is C15H15ClN2O3S. The third-order valence-electron chi connectivity index (χ3n) is 2.98. The van der Waals surface area contributed by atoms with Gasteiger partial charge in [-0.25, -0.2) is 13.6 Å². The third-order valence-corrected chi connectivity index (χ3v) is 4.37. The fourth-order valence-corrected chi connectivity index (χ4v) is 3.18. The molecule has 0 heterocycles. The first-order chi connectivity index (χ1) is 10.2. The van der Waals surface area contributed by atoms with E-state index >= 15 is 0 Å². The first-order valence-corrected chi connectivity index (χ1v) is 8.31. The van der Waals surface area contributed by atoms with E-state index in [1.807, 2.05) is 32.0 Å². The van der Waals surface area contributed by atoms with E-state index in [9.17, 15) is 13.2 Å². The van der Waals surface area contributed by atoms with Crippen molar-refractivity contribution in [3.63, 3.8) is 0 Å². The number of sulfonamides is 1. The van der Waals surface area contributed by atoms with Crippen molar-refractivity contribution in [1.29, 1.82) is 0 Å². The number of aryl methyl sites for hydroxylation is 2. The zero-order valence-corrected chi connectivity index (χ0v) is 13.6. The maximum atomic E-state index is 12.2. The first-order valence-electron chi connectivity index (χ1n) is 6.39. The molecule has 0 fully saturated rings. The zero-order chi connectivity index (χ0) is 16.5. The smallest absolute Gasteiger partial charge is 0.255 e. The number of halogens is 1. The molecule has 2 aromatic rings. The van der Waals surface area contributed by atoms with Crippen molar-refractivity contribution in [2.75, 3.05) is 5.32 Å². The Hall–Kier alpha value is -1.89. The Bertz CT molecular complexity index is 828. The van der Waals surface area contributed by atoms with Gasteiger partial charge in [0, 0.05) is 11.3 Å². The average Bonchev–Trinajstić information content (AvgIpc) is 2.36. The highest BCUT2D eigenvalue weighted by Crippen LogP contribution is 2.22. The minimum absolute atomic E-state index is 0.0227. The molecule has 5 nitrogen and oxygen atoms in total. The molecular weight excluding hydrogens is 324 g/mol. The molecule has 0 unspecified atom stereocenters. The molecule has 2 rings (SSSR count). The van der Waals surface area contributed by atoms with Gasteiger partial charge in [-0.05, 0) is 55.3 Å². The highest BCUT2D eigenvalue weighted by atomic mass is 35.5. The lowest BCUT2D eigenvalue weighted by atomic mass is 10.1. The van der Waals surface area contributed by atoms with Crippen molar-refractivity contribution in [2.24, 2.45) is 5.14 Å². The lowest BCUT2D eigenvalue weighted by molar-refractivity contribution is 0.102. The fourth-order valence-electron chi connectivity index (χ4n) is 2.11. The zero-order valence-electron chi connectivity index (χ0n) is 12.1. The molecule has 2 aromatic carbocycles. The van der Waals surface area contributed by atoms with Gasteiger partial charge in [0.1, 0.15) is 4.90 Å². The van der Waals surface area contributed by atoms with Crippen LogP contribution in [-0.2, 0) is 10.0 Å². The molecule has 0 bridgehead atoms. The summed E-state index contributed by atoms with van der Waals surface area (Å²) in [4.78, 5) is 12.0. The number of carbonyl (C=O) groups is 1. The Kier molecular flexibility index (Phi) is 4.55. The van der Waals surface area contributed by atoms with E-state index in [0.29, 0.717) is 5.69 Å². The summed E-state index contributed by atoms with van der Waals surface area (Å²) < 4.78 is 22.9. The largest absolute Gasteiger partial charge is 0.322 e. The van der Waals surface area contributed by atoms with Crippen LogP contribution < -0.4 is 10.5 Å². The van der Waals surface area contributed by atoms with Crippen LogP contribution in [-0.4, -0.2) is 14.3 Å². The molecule has 0 radical (unpaired) electrons. The van der Waals surface area contributed by atoms with E-state index in [-0.39, 0.29) is 15.5 Å². The molecule has 116 valence electrons. The highest BCUT2D eigenvalue weighted by Gasteiger charge is 2.16. The Morgan fingerprint density at radius 3 is 2.23 bits per heavy atom. The van der Waals surface area contributed by atoms with Gasteiger partial charge < -0.3 is 5.32 Å². The quantitative estimate of drug-likeness (QED) is 0.901. The molecule has 0 aromatic heterocycles. The van der Waals surface area contributed by atoms with Crippen LogP contribution in [0.1, 0.15) is 21.5 Å². The average molecular weight is 339 g/mol. The van der Waals surface area contributed by atoms with Crippen molar-refractivity contribution in [1.82, 2.24) is 0 Å². The first kappa shape index (κ1) is 16.5. The van der Waals surface area contributed by atoms with Crippen LogP contribution in [0.4, 0.5) is 5.69 Å². The summed E-state index contributed by atoms with van der Waals surface area (Å²) in [6, 6.07) is 9.56. The second-order valence-electron chi connectivity index (χ2n) is 5.02. The monoisotopic (exact) mass is 338 g/mol. The van der Waals surface area contributed by atoms with Gasteiger partial charge >= 0.3 is 0 Å². The number of anilines is 1. The number of benzene rings is 2. The van der Waals surface area contributed by atoms with Gasteiger partial charge in [-0.3, -0.25) is 4.79 Å². The van der Waals surface area contributed by atoms with Gasteiger partial charge in [0.25, 0.3) is 5.91 Å². The molecule has 0 atom stereocenters. The maximum Gasteiger partial charge on any atom is 0.255 e. The number of carbonyl (C=O) groups excluding carboxylic acids is 1. The second kappa shape index (κ2) is 6.08. The molecule has 0 saturated carbocycles. The minimum atomic E-state index is -3.99.